The second-order valence-corrected chi connectivity index (χ2v) is 2.13. The van der Waals surface area contributed by atoms with Crippen LogP contribution in [-0.4, -0.2) is 45.9 Å². The third kappa shape index (κ3) is 7.99. The fourth-order valence-corrected chi connectivity index (χ4v) is 0.548. The van der Waals surface area contributed by atoms with Gasteiger partial charge in [0.2, 0.25) is 0 Å². The summed E-state index contributed by atoms with van der Waals surface area (Å²) >= 11 is 0. The topological polar surface area (TPSA) is 121 Å². The maximum Gasteiger partial charge on any atom is 1.00 e. The van der Waals surface area contributed by atoms with Crippen molar-refractivity contribution in [1.82, 2.24) is 0 Å². The summed E-state index contributed by atoms with van der Waals surface area (Å²) in [5.41, 5.74) is 0. The van der Waals surface area contributed by atoms with Crippen molar-refractivity contribution in [3.05, 3.63) is 0 Å². The third-order valence-electron chi connectivity index (χ3n) is 1.04. The molecular weight excluding hydrogens is 207 g/mol. The summed E-state index contributed by atoms with van der Waals surface area (Å²) in [6.45, 7) is -0.829. The monoisotopic (exact) mass is 215 g/mol. The van der Waals surface area contributed by atoms with Crippen LogP contribution >= 0.6 is 0 Å². The summed E-state index contributed by atoms with van der Waals surface area (Å²) < 4.78 is 4.30. The molecule has 0 saturated heterocycles. The van der Waals surface area contributed by atoms with Gasteiger partial charge in [-0.2, -0.15) is 0 Å². The molecule has 0 aromatic carbocycles. The number of hydrogen-bond acceptors (Lipinski definition) is 4. The van der Waals surface area contributed by atoms with Crippen LogP contribution in [0, 0.1) is 0 Å². The van der Waals surface area contributed by atoms with Crippen LogP contribution in [0.25, 0.3) is 0 Å². The van der Waals surface area contributed by atoms with E-state index < -0.39 is 37.0 Å². The van der Waals surface area contributed by atoms with Gasteiger partial charge in [-0.1, -0.05) is 0 Å². The fourth-order valence-electron chi connectivity index (χ4n) is 0.548. The van der Waals surface area contributed by atoms with Gasteiger partial charge >= 0.3 is 47.5 Å². The zero-order valence-corrected chi connectivity index (χ0v) is 9.47. The summed E-state index contributed by atoms with van der Waals surface area (Å²) in [7, 11) is 0. The van der Waals surface area contributed by atoms with Crippen LogP contribution < -0.4 is 29.6 Å². The van der Waals surface area contributed by atoms with Crippen LogP contribution in [-0.2, 0) is 19.1 Å². The van der Waals surface area contributed by atoms with Crippen LogP contribution in [0.4, 0.5) is 0 Å². The first-order chi connectivity index (χ1) is 5.93. The minimum absolute atomic E-state index is 0. The number of ether oxygens (including phenoxy) is 1. The van der Waals surface area contributed by atoms with Crippen molar-refractivity contribution < 1.29 is 64.0 Å². The molecule has 0 fully saturated rings. The van der Waals surface area contributed by atoms with Gasteiger partial charge in [-0.3, -0.25) is 4.79 Å². The van der Waals surface area contributed by atoms with E-state index in [1.807, 2.05) is 0 Å². The maximum atomic E-state index is 10.3. The Balaban J connectivity index is 0. The zero-order chi connectivity index (χ0) is 10.4. The Morgan fingerprint density at radius 3 is 1.86 bits per heavy atom. The molecule has 0 spiro atoms. The van der Waals surface area contributed by atoms with Crippen LogP contribution in [0.2, 0.25) is 0 Å². The zero-order valence-electron chi connectivity index (χ0n) is 7.47. The molecule has 1 unspecified atom stereocenters. The van der Waals surface area contributed by atoms with E-state index >= 15 is 0 Å². The van der Waals surface area contributed by atoms with Gasteiger partial charge in [-0.15, -0.1) is 0 Å². The maximum absolute atomic E-state index is 10.3. The quantitative estimate of drug-likeness (QED) is 0.386. The molecule has 7 nitrogen and oxygen atoms in total. The predicted octanol–water partition coefficient (Wildman–Crippen LogP) is -3.98. The molecule has 0 rings (SSSR count). The van der Waals surface area contributed by atoms with Crippen molar-refractivity contribution in [2.45, 2.75) is 12.5 Å². The second-order valence-electron chi connectivity index (χ2n) is 2.13. The molecule has 0 aliphatic heterocycles. The van der Waals surface area contributed by atoms with Gasteiger partial charge < -0.3 is 20.1 Å². The molecule has 0 aliphatic rings. The normalized spacial score (nSPS) is 11.1. The first-order valence-electron chi connectivity index (χ1n) is 3.21. The third-order valence-corrected chi connectivity index (χ3v) is 1.04. The van der Waals surface area contributed by atoms with E-state index in [-0.39, 0.29) is 29.6 Å². The van der Waals surface area contributed by atoms with Crippen LogP contribution in [0.5, 0.6) is 0 Å². The Labute approximate surface area is 101 Å². The average molecular weight is 215 g/mol. The Kier molecular flexibility index (Phi) is 8.75. The van der Waals surface area contributed by atoms with E-state index in [4.69, 9.17) is 15.3 Å². The average Bonchev–Trinajstić information content (AvgIpc) is 1.96. The Bertz CT molecular complexity index is 226. The number of aliphatic carboxylic acids is 3. The smallest absolute Gasteiger partial charge is 0.481 e. The second kappa shape index (κ2) is 7.74. The Morgan fingerprint density at radius 2 is 1.57 bits per heavy atom. The fraction of sp³-hybridized carbons (Fsp3) is 0.500. The number of carbonyl (C=O) groups is 3. The van der Waals surface area contributed by atoms with Crippen molar-refractivity contribution >= 4 is 17.9 Å². The van der Waals surface area contributed by atoms with Crippen LogP contribution in [0.1, 0.15) is 6.42 Å². The minimum atomic E-state index is -1.62. The molecule has 74 valence electrons. The van der Waals surface area contributed by atoms with Crippen LogP contribution in [0.15, 0.2) is 0 Å². The van der Waals surface area contributed by atoms with Crippen molar-refractivity contribution in [3.8, 4) is 0 Å². The molecule has 0 aliphatic carbocycles. The van der Waals surface area contributed by atoms with Gasteiger partial charge in [0.15, 0.2) is 6.10 Å². The Hall–Kier alpha value is -0.630. The Morgan fingerprint density at radius 1 is 1.07 bits per heavy atom. The molecular formula is C6H8NaO7+. The molecule has 0 heterocycles. The molecule has 0 saturated carbocycles. The number of carboxylic acids is 3. The summed E-state index contributed by atoms with van der Waals surface area (Å²) in [6.07, 6.45) is -2.38. The number of carboxylic acid groups (broad SMARTS) is 3. The molecule has 0 amide bonds. The van der Waals surface area contributed by atoms with E-state index in [2.05, 4.69) is 4.74 Å². The van der Waals surface area contributed by atoms with E-state index in [9.17, 15) is 14.4 Å². The van der Waals surface area contributed by atoms with Gasteiger partial charge in [0.1, 0.15) is 6.61 Å². The predicted molar refractivity (Wildman–Crippen MR) is 37.3 cm³/mol. The molecule has 14 heavy (non-hydrogen) atoms. The SMILES string of the molecule is O=C(O)COC(CC(=O)O)C(=O)O.[Na+]. The summed E-state index contributed by atoms with van der Waals surface area (Å²) in [5, 5.41) is 24.7. The summed E-state index contributed by atoms with van der Waals surface area (Å²) in [4.78, 5) is 30.3. The summed E-state index contributed by atoms with van der Waals surface area (Å²) in [6, 6.07) is 0. The minimum Gasteiger partial charge on any atom is -0.481 e. The van der Waals surface area contributed by atoms with Crippen molar-refractivity contribution in [2.24, 2.45) is 0 Å². The molecule has 0 aromatic heterocycles. The molecule has 0 bridgehead atoms. The van der Waals surface area contributed by atoms with Gasteiger partial charge in [0.25, 0.3) is 0 Å². The summed E-state index contributed by atoms with van der Waals surface area (Å²) in [5.74, 6) is -4.21. The van der Waals surface area contributed by atoms with Crippen molar-refractivity contribution in [3.63, 3.8) is 0 Å². The van der Waals surface area contributed by atoms with E-state index in [0.717, 1.165) is 0 Å². The van der Waals surface area contributed by atoms with Crippen molar-refractivity contribution in [1.29, 1.82) is 0 Å². The molecule has 1 atom stereocenters. The number of rotatable bonds is 6. The molecule has 8 heteroatoms. The largest absolute Gasteiger partial charge is 1.00 e. The number of hydrogen-bond donors (Lipinski definition) is 3. The van der Waals surface area contributed by atoms with Gasteiger partial charge in [-0.25, -0.2) is 9.59 Å². The molecule has 0 aromatic rings. The molecule has 3 N–H and O–H groups in total. The van der Waals surface area contributed by atoms with E-state index in [1.165, 1.54) is 0 Å². The first-order valence-corrected chi connectivity index (χ1v) is 3.21. The van der Waals surface area contributed by atoms with E-state index in [0.29, 0.717) is 0 Å². The first kappa shape index (κ1) is 15.8. The molecule has 0 radical (unpaired) electrons. The van der Waals surface area contributed by atoms with Gasteiger partial charge in [0.05, 0.1) is 6.42 Å². The van der Waals surface area contributed by atoms with Crippen LogP contribution in [0.3, 0.4) is 0 Å². The van der Waals surface area contributed by atoms with E-state index in [1.54, 1.807) is 0 Å². The van der Waals surface area contributed by atoms with Gasteiger partial charge in [-0.05, 0) is 0 Å². The van der Waals surface area contributed by atoms with Gasteiger partial charge in [0, 0.05) is 0 Å². The van der Waals surface area contributed by atoms with Crippen molar-refractivity contribution in [2.75, 3.05) is 6.61 Å². The standard InChI is InChI=1S/C6H8O7.Na/c7-4(8)1-3(6(11)12)13-2-5(9)10;/h3H,1-2H2,(H,7,8)(H,9,10)(H,11,12);/q;+1.